The van der Waals surface area contributed by atoms with Gasteiger partial charge in [-0.3, -0.25) is 4.79 Å². The second kappa shape index (κ2) is 42.3. The fourth-order valence-corrected chi connectivity index (χ4v) is 8.75. The van der Waals surface area contributed by atoms with E-state index in [1.165, 1.54) is 17.1 Å². The SMILES string of the molecule is C.C.CN(C)c1cccc2c(ONCCSSCCN)cccc12.CN(C)c1cccc2c(S(=O)(=O)Cl)cccc12.NCCSSCCN.O=CO[O-].O=S.[H-].[K+].[K+]. The van der Waals surface area contributed by atoms with Gasteiger partial charge in [0.2, 0.25) is 0 Å². The van der Waals surface area contributed by atoms with Crippen molar-refractivity contribution in [3.05, 3.63) is 72.8 Å². The van der Waals surface area contributed by atoms with Crippen LogP contribution in [0.4, 0.5) is 11.4 Å². The predicted octanol–water partition coefficient (Wildman–Crippen LogP) is -0.261. The van der Waals surface area contributed by atoms with Crippen molar-refractivity contribution < 1.29 is 137 Å². The number of rotatable bonds is 17. The number of hydrogen-bond donors (Lipinski definition) is 4. The third-order valence-corrected chi connectivity index (χ3v) is 12.5. The van der Waals surface area contributed by atoms with Gasteiger partial charge in [-0.2, -0.15) is 9.69 Å². The summed E-state index contributed by atoms with van der Waals surface area (Å²) in [6, 6.07) is 23.0. The van der Waals surface area contributed by atoms with Crippen molar-refractivity contribution in [3.63, 3.8) is 0 Å². The van der Waals surface area contributed by atoms with Gasteiger partial charge in [0.1, 0.15) is 0 Å². The summed E-state index contributed by atoms with van der Waals surface area (Å²) in [5.74, 6) is 4.90. The molecule has 0 heterocycles. The largest absolute Gasteiger partial charge is 1.00 e. The second-order valence-corrected chi connectivity index (χ2v) is 18.3. The smallest absolute Gasteiger partial charge is 1.00 e. The number of anilines is 2. The van der Waals surface area contributed by atoms with Crippen LogP contribution >= 0.6 is 53.9 Å². The molecule has 0 fully saturated rings. The van der Waals surface area contributed by atoms with Crippen molar-refractivity contribution in [1.29, 1.82) is 0 Å². The molecule has 0 aromatic heterocycles. The van der Waals surface area contributed by atoms with Crippen molar-refractivity contribution in [1.82, 2.24) is 5.48 Å². The molecule has 0 amide bonds. The summed E-state index contributed by atoms with van der Waals surface area (Å²) in [6.07, 6.45) is 0. The maximum atomic E-state index is 11.5. The van der Waals surface area contributed by atoms with Gasteiger partial charge in [-0.15, -0.1) is 0 Å². The van der Waals surface area contributed by atoms with Crippen molar-refractivity contribution in [2.45, 2.75) is 19.7 Å². The molecule has 0 radical (unpaired) electrons. The first-order valence-electron chi connectivity index (χ1n) is 15.7. The number of hydroxylamine groups is 1. The summed E-state index contributed by atoms with van der Waals surface area (Å²) in [4.78, 5) is 21.2. The average molecular weight is 980 g/mol. The standard InChI is InChI=1S/C16H23N3OS2.C12H12ClNO2S.C4H12N2S2.CH2O3.2CH4.2K.OS.H/c1-19(2)15-7-3-6-14-13(15)5-4-8-16(14)20-18-10-12-22-21-11-9-17;1-14(2)11-7-3-6-10-9(11)5-4-8-12(10)17(13,15)16;5-1-3-7-8-4-2-6;2-1-4-3;;;;;1-2;/h3-8,18H,9-12,17H2,1-2H3;3-8H,1-2H3;1-6H2;1,3H;2*1H4;;;;/q;;;;;;2*+1;;-1/p-1. The minimum atomic E-state index is -3.72. The molecule has 0 aliphatic carbocycles. The van der Waals surface area contributed by atoms with Crippen molar-refractivity contribution in [2.24, 2.45) is 17.2 Å². The fourth-order valence-electron chi connectivity index (χ4n) is 4.20. The molecule has 13 nitrogen and oxygen atoms in total. The molecule has 4 aromatic carbocycles. The fraction of sp³-hybridized carbons (Fsp3) is 0.400. The molecule has 7 N–H and O–H groups in total. The van der Waals surface area contributed by atoms with Gasteiger partial charge < -0.3 is 43.4 Å². The van der Waals surface area contributed by atoms with Crippen LogP contribution < -0.4 is 145 Å². The molecule has 4 rings (SSSR count). The first-order chi connectivity index (χ1) is 25.5. The van der Waals surface area contributed by atoms with Crippen LogP contribution in [0.1, 0.15) is 16.3 Å². The molecule has 0 saturated carbocycles. The van der Waals surface area contributed by atoms with Crippen LogP contribution in [-0.2, 0) is 31.3 Å². The topological polar surface area (TPSA) is 206 Å². The molecule has 0 aliphatic rings. The van der Waals surface area contributed by atoms with E-state index in [2.05, 4.69) is 66.2 Å². The Bertz CT molecular complexity index is 1710. The molecule has 57 heavy (non-hydrogen) atoms. The monoisotopic (exact) mass is 978 g/mol. The quantitative estimate of drug-likeness (QED) is 0.0205. The summed E-state index contributed by atoms with van der Waals surface area (Å²) in [6.45, 7) is 2.88. The van der Waals surface area contributed by atoms with Crippen LogP contribution in [0.5, 0.6) is 5.75 Å². The Morgan fingerprint density at radius 1 is 0.719 bits per heavy atom. The first-order valence-corrected chi connectivity index (χ1v) is 23.3. The Morgan fingerprint density at radius 3 is 1.49 bits per heavy atom. The van der Waals surface area contributed by atoms with Crippen LogP contribution in [0.15, 0.2) is 77.7 Å². The van der Waals surface area contributed by atoms with Gasteiger partial charge in [0.05, 0.1) is 4.90 Å². The third kappa shape index (κ3) is 28.3. The Hall–Kier alpha value is 1.00. The Morgan fingerprint density at radius 2 is 1.09 bits per heavy atom. The van der Waals surface area contributed by atoms with Gasteiger partial charge in [-0.1, -0.05) is 107 Å². The molecule has 0 aliphatic heterocycles. The first kappa shape index (κ1) is 67.1. The minimum Gasteiger partial charge on any atom is -1.00 e. The van der Waals surface area contributed by atoms with Gasteiger partial charge in [0.15, 0.2) is 18.3 Å². The van der Waals surface area contributed by atoms with Gasteiger partial charge >= 0.3 is 103 Å². The molecule has 0 bridgehead atoms. The van der Waals surface area contributed by atoms with E-state index in [1.54, 1.807) is 44.5 Å². The number of benzene rings is 4. The van der Waals surface area contributed by atoms with Crippen LogP contribution in [0.2, 0.25) is 0 Å². The number of nitrogens with zero attached hydrogens (tertiary/aromatic N) is 2. The summed E-state index contributed by atoms with van der Waals surface area (Å²) in [5, 5.41) is 12.3. The maximum absolute atomic E-state index is 11.5. The van der Waals surface area contributed by atoms with Crippen LogP contribution in [0, 0.1) is 0 Å². The predicted molar refractivity (Wildman–Crippen MR) is 245 cm³/mol. The molecule has 314 valence electrons. The number of nitrogens with two attached hydrogens (primary N) is 3. The average Bonchev–Trinajstić information content (AvgIpc) is 3.16. The van der Waals surface area contributed by atoms with Gasteiger partial charge in [-0.05, 0) is 24.3 Å². The molecular formula is C35H57ClK2N6O7S6. The molecule has 4 aromatic rings. The minimum absolute atomic E-state index is 0. The van der Waals surface area contributed by atoms with E-state index in [0.717, 1.165) is 71.4 Å². The van der Waals surface area contributed by atoms with Crippen molar-refractivity contribution >= 4 is 115 Å². The Balaban J connectivity index is -0.000000168. The third-order valence-electron chi connectivity index (χ3n) is 6.22. The zero-order chi connectivity index (χ0) is 40.1. The Labute approximate surface area is 452 Å². The molecule has 0 spiro atoms. The molecular weight excluding hydrogens is 922 g/mol. The van der Waals surface area contributed by atoms with E-state index >= 15 is 0 Å². The number of carbonyl (C=O) groups is 1. The van der Waals surface area contributed by atoms with E-state index < -0.39 is 9.05 Å². The number of carbonyl (C=O) groups excluding carboxylic acids is 1. The molecule has 0 saturated heterocycles. The van der Waals surface area contributed by atoms with Crippen molar-refractivity contribution in [3.8, 4) is 5.75 Å². The number of fused-ring (bicyclic) bond motifs is 2. The van der Waals surface area contributed by atoms with E-state index in [-0.39, 0.29) is 130 Å². The zero-order valence-corrected chi connectivity index (χ0v) is 43.9. The normalized spacial score (nSPS) is 9.49. The van der Waals surface area contributed by atoms with Gasteiger partial charge in [0, 0.05) is 121 Å². The van der Waals surface area contributed by atoms with E-state index in [4.69, 9.17) is 47.0 Å². The summed E-state index contributed by atoms with van der Waals surface area (Å²) in [5.41, 5.74) is 21.1. The van der Waals surface area contributed by atoms with Crippen LogP contribution in [-0.4, -0.2) is 96.5 Å². The van der Waals surface area contributed by atoms with Gasteiger partial charge in [0.25, 0.3) is 15.5 Å². The van der Waals surface area contributed by atoms with E-state index in [1.807, 2.05) is 60.1 Å². The summed E-state index contributed by atoms with van der Waals surface area (Å²) < 4.78 is 30.8. The van der Waals surface area contributed by atoms with E-state index in [9.17, 15) is 8.42 Å². The van der Waals surface area contributed by atoms with Crippen LogP contribution in [0.25, 0.3) is 21.5 Å². The summed E-state index contributed by atoms with van der Waals surface area (Å²) in [7, 11) is 16.8. The number of nitrogens with one attached hydrogen (secondary N) is 1. The van der Waals surface area contributed by atoms with Crippen LogP contribution in [0.3, 0.4) is 0 Å². The molecule has 0 unspecified atom stereocenters. The molecule has 22 heteroatoms. The summed E-state index contributed by atoms with van der Waals surface area (Å²) >= 11 is 2.83. The number of halogens is 1. The number of hydrogen-bond acceptors (Lipinski definition) is 18. The van der Waals surface area contributed by atoms with E-state index in [0.29, 0.717) is 5.39 Å². The van der Waals surface area contributed by atoms with Gasteiger partial charge in [-0.25, -0.2) is 8.42 Å². The van der Waals surface area contributed by atoms with Crippen molar-refractivity contribution in [2.75, 3.05) is 87.2 Å². The molecule has 0 atom stereocenters. The maximum Gasteiger partial charge on any atom is 1.00 e. The second-order valence-electron chi connectivity index (χ2n) is 10.3. The Kier molecular flexibility index (Phi) is 49.8. The zero-order valence-electron chi connectivity index (χ0n) is 33.0.